The molecule has 3 unspecified atom stereocenters. The second-order valence-corrected chi connectivity index (χ2v) is 22.0. The van der Waals surface area contributed by atoms with E-state index in [0.29, 0.717) is 23.7 Å². The highest BCUT2D eigenvalue weighted by atomic mass is 32.2. The van der Waals surface area contributed by atoms with Crippen LogP contribution in [0.2, 0.25) is 0 Å². The van der Waals surface area contributed by atoms with E-state index in [0.717, 1.165) is 64.2 Å². The van der Waals surface area contributed by atoms with Gasteiger partial charge in [-0.05, 0) is 140 Å². The maximum atomic E-state index is 13.7. The van der Waals surface area contributed by atoms with Crippen molar-refractivity contribution >= 4 is 27.9 Å². The minimum Gasteiger partial charge on any atom is -0.481 e. The summed E-state index contributed by atoms with van der Waals surface area (Å²) >= 11 is 0. The monoisotopic (exact) mass is 751 g/mol. The Kier molecular flexibility index (Phi) is 10.2. The van der Waals surface area contributed by atoms with Gasteiger partial charge in [0.25, 0.3) is 10.0 Å². The van der Waals surface area contributed by atoms with Gasteiger partial charge in [-0.3, -0.25) is 14.4 Å². The predicted octanol–water partition coefficient (Wildman–Crippen LogP) is 9.34. The van der Waals surface area contributed by atoms with Crippen molar-refractivity contribution in [1.29, 1.82) is 0 Å². The first-order chi connectivity index (χ1) is 24.5. The number of aliphatic carboxylic acids is 1. The zero-order valence-electron chi connectivity index (χ0n) is 33.6. The van der Waals surface area contributed by atoms with E-state index in [1.54, 1.807) is 18.2 Å². The normalized spacial score (nSPS) is 39.0. The Morgan fingerprint density at radius 1 is 0.868 bits per heavy atom. The number of esters is 1. The highest BCUT2D eigenvalue weighted by Gasteiger charge is 2.71. The lowest BCUT2D eigenvalue weighted by atomic mass is 9.32. The number of amides is 1. The second kappa shape index (κ2) is 13.5. The number of carboxylic acid groups (broad SMARTS) is 1. The molecule has 0 spiro atoms. The summed E-state index contributed by atoms with van der Waals surface area (Å²) in [6.45, 7) is 22.5. The summed E-state index contributed by atoms with van der Waals surface area (Å²) in [6.07, 6.45) is 10.1. The fraction of sp³-hybridized carbons (Fsp3) is 0.750. The van der Waals surface area contributed by atoms with E-state index in [1.165, 1.54) is 17.7 Å². The summed E-state index contributed by atoms with van der Waals surface area (Å²) in [5.41, 5.74) is 0.283. The molecule has 2 N–H and O–H groups in total. The van der Waals surface area contributed by atoms with Gasteiger partial charge in [-0.1, -0.05) is 78.8 Å². The highest BCUT2D eigenvalue weighted by molar-refractivity contribution is 7.90. The Balaban J connectivity index is 1.23. The van der Waals surface area contributed by atoms with E-state index in [1.807, 2.05) is 13.8 Å². The number of benzene rings is 1. The van der Waals surface area contributed by atoms with Crippen LogP contribution in [0.1, 0.15) is 139 Å². The van der Waals surface area contributed by atoms with E-state index >= 15 is 0 Å². The molecule has 8 nitrogen and oxygen atoms in total. The van der Waals surface area contributed by atoms with Crippen LogP contribution < -0.4 is 4.72 Å². The van der Waals surface area contributed by atoms with Gasteiger partial charge in [0.05, 0.1) is 17.7 Å². The van der Waals surface area contributed by atoms with Crippen molar-refractivity contribution in [1.82, 2.24) is 4.72 Å². The number of carbonyl (C=O) groups excluding carboxylic acids is 2. The molecule has 5 aliphatic rings. The Morgan fingerprint density at radius 2 is 1.55 bits per heavy atom. The third-order valence-corrected chi connectivity index (χ3v) is 17.9. The molecule has 294 valence electrons. The number of rotatable bonds is 10. The Labute approximate surface area is 318 Å². The zero-order valence-corrected chi connectivity index (χ0v) is 34.4. The smallest absolute Gasteiger partial charge is 0.306 e. The molecule has 5 aliphatic carbocycles. The number of ether oxygens (including phenoxy) is 1. The molecule has 0 radical (unpaired) electrons. The standard InChI is InChI=1S/C44H65NO7S/c1-28(2)30-17-22-44(25-35(46)45-53(50,51)29-13-11-10-12-14-29)24-23-42(8)31(38(30)44)15-16-33-41(7)20-19-34(40(5,6)32(41)18-21-43(33,42)9)52-37(49)27-39(3,4)26-36(47)48/h10-14,30-34,38H,1,15-27H2,2-9H3,(H,45,46)(H,47,48)/t30-,31+,32?,33?,34-,38?,41-,42+,43+,44+/m0/s1. The molecule has 9 heteroatoms. The van der Waals surface area contributed by atoms with Gasteiger partial charge >= 0.3 is 11.9 Å². The second-order valence-electron chi connectivity index (χ2n) is 20.3. The molecule has 53 heavy (non-hydrogen) atoms. The minimum absolute atomic E-state index is 0.0614. The SMILES string of the molecule is C=C(C)[C@@H]1CC[C@]2(CC(=O)NS(=O)(=O)c3ccccc3)CC[C@]3(C)[C@H](CCC4[C@@]5(C)CC[C@H](OC(=O)CC(C)(C)CC(=O)O)C(C)(C)C5CC[C@]43C)C12. The number of carboxylic acids is 1. The molecule has 0 aromatic heterocycles. The average molecular weight is 752 g/mol. The Morgan fingerprint density at radius 3 is 2.19 bits per heavy atom. The van der Waals surface area contributed by atoms with Gasteiger partial charge in [0.2, 0.25) is 5.91 Å². The van der Waals surface area contributed by atoms with Crippen LogP contribution in [0.15, 0.2) is 47.4 Å². The first kappa shape index (κ1) is 40.0. The first-order valence-corrected chi connectivity index (χ1v) is 21.7. The van der Waals surface area contributed by atoms with Crippen LogP contribution in [0.3, 0.4) is 0 Å². The number of hydrogen-bond donors (Lipinski definition) is 2. The van der Waals surface area contributed by atoms with E-state index in [-0.39, 0.29) is 69.2 Å². The van der Waals surface area contributed by atoms with Gasteiger partial charge < -0.3 is 9.84 Å². The van der Waals surface area contributed by atoms with Crippen LogP contribution in [0.5, 0.6) is 0 Å². The fourth-order valence-corrected chi connectivity index (χ4v) is 15.0. The van der Waals surface area contributed by atoms with Crippen molar-refractivity contribution < 1.29 is 32.6 Å². The topological polar surface area (TPSA) is 127 Å². The third-order valence-electron chi connectivity index (χ3n) is 16.5. The molecule has 1 amide bonds. The summed E-state index contributed by atoms with van der Waals surface area (Å²) in [5.74, 6) is 0.307. The predicted molar refractivity (Wildman–Crippen MR) is 206 cm³/mol. The summed E-state index contributed by atoms with van der Waals surface area (Å²) < 4.78 is 35.1. The summed E-state index contributed by atoms with van der Waals surface area (Å²) in [5, 5.41) is 9.34. The van der Waals surface area contributed by atoms with Crippen LogP contribution >= 0.6 is 0 Å². The van der Waals surface area contributed by atoms with Gasteiger partial charge in [-0.15, -0.1) is 0 Å². The van der Waals surface area contributed by atoms with Gasteiger partial charge in [0.1, 0.15) is 6.10 Å². The third kappa shape index (κ3) is 6.71. The molecule has 10 atom stereocenters. The number of carbonyl (C=O) groups is 3. The molecule has 0 saturated heterocycles. The molecular weight excluding hydrogens is 687 g/mol. The van der Waals surface area contributed by atoms with Crippen LogP contribution in [0, 0.1) is 62.1 Å². The largest absolute Gasteiger partial charge is 0.481 e. The lowest BCUT2D eigenvalue weighted by Crippen LogP contribution is -2.67. The van der Waals surface area contributed by atoms with Gasteiger partial charge in [-0.2, -0.15) is 0 Å². The summed E-state index contributed by atoms with van der Waals surface area (Å²) in [4.78, 5) is 38.5. The van der Waals surface area contributed by atoms with Crippen molar-refractivity contribution in [3.8, 4) is 0 Å². The van der Waals surface area contributed by atoms with E-state index in [4.69, 9.17) is 4.74 Å². The van der Waals surface area contributed by atoms with Gasteiger partial charge in [-0.25, -0.2) is 13.1 Å². The molecule has 1 aromatic carbocycles. The number of sulfonamides is 1. The number of nitrogens with one attached hydrogen (secondary N) is 1. The lowest BCUT2D eigenvalue weighted by Gasteiger charge is -2.73. The van der Waals surface area contributed by atoms with Crippen molar-refractivity contribution in [3.05, 3.63) is 42.5 Å². The zero-order chi connectivity index (χ0) is 39.0. The number of fused-ring (bicyclic) bond motifs is 7. The van der Waals surface area contributed by atoms with Crippen molar-refractivity contribution in [2.45, 2.75) is 150 Å². The minimum atomic E-state index is -3.95. The quantitative estimate of drug-likeness (QED) is 0.180. The first-order valence-electron chi connectivity index (χ1n) is 20.2. The molecule has 5 fully saturated rings. The Bertz CT molecular complexity index is 1740. The lowest BCUT2D eigenvalue weighted by molar-refractivity contribution is -0.250. The molecule has 0 heterocycles. The van der Waals surface area contributed by atoms with Crippen LogP contribution in [0.4, 0.5) is 0 Å². The Hall–Kier alpha value is -2.68. The van der Waals surface area contributed by atoms with Crippen molar-refractivity contribution in [2.75, 3.05) is 0 Å². The van der Waals surface area contributed by atoms with E-state index < -0.39 is 27.3 Å². The van der Waals surface area contributed by atoms with E-state index in [9.17, 15) is 27.9 Å². The summed E-state index contributed by atoms with van der Waals surface area (Å²) in [6, 6.07) is 8.15. The van der Waals surface area contributed by atoms with E-state index in [2.05, 4.69) is 52.8 Å². The number of allylic oxidation sites excluding steroid dienone is 1. The molecule has 6 rings (SSSR count). The van der Waals surface area contributed by atoms with Crippen LogP contribution in [-0.2, 0) is 29.1 Å². The van der Waals surface area contributed by atoms with Crippen molar-refractivity contribution in [3.63, 3.8) is 0 Å². The van der Waals surface area contributed by atoms with Gasteiger partial charge in [0.15, 0.2) is 0 Å². The highest BCUT2D eigenvalue weighted by Crippen LogP contribution is 2.78. The fourth-order valence-electron chi connectivity index (χ4n) is 14.0. The van der Waals surface area contributed by atoms with Crippen LogP contribution in [-0.4, -0.2) is 37.5 Å². The molecule has 0 bridgehead atoms. The maximum Gasteiger partial charge on any atom is 0.306 e. The van der Waals surface area contributed by atoms with Gasteiger partial charge in [0, 0.05) is 11.8 Å². The molecule has 0 aliphatic heterocycles. The molecular formula is C44H65NO7S. The number of hydrogen-bond acceptors (Lipinski definition) is 6. The molecule has 5 saturated carbocycles. The average Bonchev–Trinajstić information content (AvgIpc) is 3.41. The molecule has 1 aromatic rings. The van der Waals surface area contributed by atoms with Crippen LogP contribution in [0.25, 0.3) is 0 Å². The maximum absolute atomic E-state index is 13.7. The van der Waals surface area contributed by atoms with Crippen molar-refractivity contribution in [2.24, 2.45) is 62.1 Å². The summed E-state index contributed by atoms with van der Waals surface area (Å²) in [7, 11) is -3.95.